The topological polar surface area (TPSA) is 33.1 Å². The number of pyridine rings is 1. The van der Waals surface area contributed by atoms with Crippen LogP contribution in [0.15, 0.2) is 6.07 Å². The number of aromatic nitrogens is 1. The molecule has 14 heavy (non-hydrogen) atoms. The Labute approximate surface area is 85.0 Å². The average Bonchev–Trinajstić information content (AvgIpc) is 2.18. The largest absolute Gasteiger partial charge is 0.508 e. The molecule has 0 aliphatic heterocycles. The quantitative estimate of drug-likeness (QED) is 0.779. The van der Waals surface area contributed by atoms with Gasteiger partial charge in [-0.25, -0.2) is 0 Å². The van der Waals surface area contributed by atoms with Crippen molar-refractivity contribution >= 4 is 0 Å². The van der Waals surface area contributed by atoms with Gasteiger partial charge in [-0.3, -0.25) is 4.98 Å². The van der Waals surface area contributed by atoms with E-state index in [-0.39, 0.29) is 0 Å². The second-order valence-electron chi connectivity index (χ2n) is 4.02. The highest BCUT2D eigenvalue weighted by Gasteiger charge is 2.15. The molecule has 2 rings (SSSR count). The van der Waals surface area contributed by atoms with Crippen LogP contribution >= 0.6 is 0 Å². The van der Waals surface area contributed by atoms with Gasteiger partial charge >= 0.3 is 0 Å². The molecule has 1 aliphatic rings. The highest BCUT2D eigenvalue weighted by molar-refractivity contribution is 5.38. The van der Waals surface area contributed by atoms with Gasteiger partial charge in [-0.2, -0.15) is 0 Å². The first-order valence-corrected chi connectivity index (χ1v) is 5.52. The standard InChI is InChI=1S/C12H17NO/c1-2-5-9-8-12(14)10-6-3-4-7-11(10)13-9/h8H,2-7H2,1H3,(H,13,14). The maximum atomic E-state index is 9.82. The number of aryl methyl sites for hydroxylation is 2. The first-order valence-electron chi connectivity index (χ1n) is 5.52. The molecule has 0 spiro atoms. The Balaban J connectivity index is 2.36. The molecule has 0 amide bonds. The van der Waals surface area contributed by atoms with Gasteiger partial charge in [-0.1, -0.05) is 13.3 Å². The van der Waals surface area contributed by atoms with Gasteiger partial charge in [0.05, 0.1) is 0 Å². The summed E-state index contributed by atoms with van der Waals surface area (Å²) in [7, 11) is 0. The minimum absolute atomic E-state index is 0.471. The fourth-order valence-electron chi connectivity index (χ4n) is 2.12. The van der Waals surface area contributed by atoms with Gasteiger partial charge in [0.25, 0.3) is 0 Å². The van der Waals surface area contributed by atoms with Gasteiger partial charge in [-0.05, 0) is 32.1 Å². The zero-order valence-corrected chi connectivity index (χ0v) is 8.71. The lowest BCUT2D eigenvalue weighted by Gasteiger charge is -2.17. The zero-order valence-electron chi connectivity index (χ0n) is 8.71. The summed E-state index contributed by atoms with van der Waals surface area (Å²) in [5.74, 6) is 0.471. The number of nitrogens with zero attached hydrogens (tertiary/aromatic N) is 1. The van der Waals surface area contributed by atoms with E-state index >= 15 is 0 Å². The molecule has 0 radical (unpaired) electrons. The monoisotopic (exact) mass is 191 g/mol. The molecule has 2 nitrogen and oxygen atoms in total. The normalized spacial score (nSPS) is 15.2. The predicted octanol–water partition coefficient (Wildman–Crippen LogP) is 2.62. The Bertz CT molecular complexity index is 333. The van der Waals surface area contributed by atoms with Crippen molar-refractivity contribution in [3.05, 3.63) is 23.0 Å². The first-order chi connectivity index (χ1) is 6.81. The summed E-state index contributed by atoms with van der Waals surface area (Å²) in [6.45, 7) is 2.14. The van der Waals surface area contributed by atoms with E-state index in [9.17, 15) is 5.11 Å². The van der Waals surface area contributed by atoms with Crippen LogP contribution in [0.1, 0.15) is 43.1 Å². The van der Waals surface area contributed by atoms with Crippen LogP contribution in [0.25, 0.3) is 0 Å². The van der Waals surface area contributed by atoms with E-state index in [0.29, 0.717) is 5.75 Å². The summed E-state index contributed by atoms with van der Waals surface area (Å²) in [6.07, 6.45) is 6.51. The van der Waals surface area contributed by atoms with Crippen LogP contribution < -0.4 is 0 Å². The van der Waals surface area contributed by atoms with Crippen LogP contribution in [0, 0.1) is 0 Å². The lowest BCUT2D eigenvalue weighted by atomic mass is 9.94. The molecular formula is C12H17NO. The molecule has 0 saturated carbocycles. The van der Waals surface area contributed by atoms with Crippen LogP contribution in [0.4, 0.5) is 0 Å². The van der Waals surface area contributed by atoms with E-state index in [1.165, 1.54) is 12.8 Å². The Kier molecular flexibility index (Phi) is 2.71. The van der Waals surface area contributed by atoms with E-state index in [2.05, 4.69) is 11.9 Å². The molecule has 0 aromatic carbocycles. The lowest BCUT2D eigenvalue weighted by molar-refractivity contribution is 0.458. The molecule has 1 aromatic heterocycles. The highest BCUT2D eigenvalue weighted by Crippen LogP contribution is 2.28. The van der Waals surface area contributed by atoms with Crippen LogP contribution in [0.5, 0.6) is 5.75 Å². The zero-order chi connectivity index (χ0) is 9.97. The van der Waals surface area contributed by atoms with E-state index in [4.69, 9.17) is 0 Å². The SMILES string of the molecule is CCCc1cc(O)c2c(n1)CCCC2. The molecule has 0 fully saturated rings. The van der Waals surface area contributed by atoms with E-state index in [1.807, 2.05) is 6.07 Å². The van der Waals surface area contributed by atoms with Crippen molar-refractivity contribution in [2.24, 2.45) is 0 Å². The summed E-state index contributed by atoms with van der Waals surface area (Å²) < 4.78 is 0. The van der Waals surface area contributed by atoms with Crippen LogP contribution in [0.2, 0.25) is 0 Å². The second-order valence-corrected chi connectivity index (χ2v) is 4.02. The number of rotatable bonds is 2. The third-order valence-electron chi connectivity index (χ3n) is 2.84. The van der Waals surface area contributed by atoms with Crippen LogP contribution in [-0.4, -0.2) is 10.1 Å². The van der Waals surface area contributed by atoms with Gasteiger partial charge < -0.3 is 5.11 Å². The number of aromatic hydroxyl groups is 1. The van der Waals surface area contributed by atoms with Crippen molar-refractivity contribution in [1.82, 2.24) is 4.98 Å². The van der Waals surface area contributed by atoms with Crippen molar-refractivity contribution in [2.45, 2.75) is 45.4 Å². The summed E-state index contributed by atoms with van der Waals surface area (Å²) in [5, 5.41) is 9.82. The third kappa shape index (κ3) is 1.74. The highest BCUT2D eigenvalue weighted by atomic mass is 16.3. The minimum atomic E-state index is 0.471. The number of hydrogen-bond donors (Lipinski definition) is 1. The van der Waals surface area contributed by atoms with Crippen molar-refractivity contribution in [3.63, 3.8) is 0 Å². The number of hydrogen-bond acceptors (Lipinski definition) is 2. The fraction of sp³-hybridized carbons (Fsp3) is 0.583. The molecule has 0 bridgehead atoms. The Morgan fingerprint density at radius 3 is 2.93 bits per heavy atom. The third-order valence-corrected chi connectivity index (χ3v) is 2.84. The van der Waals surface area contributed by atoms with E-state index in [0.717, 1.165) is 42.6 Å². The van der Waals surface area contributed by atoms with Crippen molar-refractivity contribution in [1.29, 1.82) is 0 Å². The van der Waals surface area contributed by atoms with Crippen LogP contribution in [0.3, 0.4) is 0 Å². The van der Waals surface area contributed by atoms with Gasteiger partial charge in [-0.15, -0.1) is 0 Å². The second kappa shape index (κ2) is 3.99. The van der Waals surface area contributed by atoms with Gasteiger partial charge in [0.2, 0.25) is 0 Å². The smallest absolute Gasteiger partial charge is 0.122 e. The first kappa shape index (κ1) is 9.50. The number of fused-ring (bicyclic) bond motifs is 1. The molecule has 1 heterocycles. The van der Waals surface area contributed by atoms with Gasteiger partial charge in [0.15, 0.2) is 0 Å². The maximum Gasteiger partial charge on any atom is 0.122 e. The predicted molar refractivity (Wildman–Crippen MR) is 56.5 cm³/mol. The molecular weight excluding hydrogens is 174 g/mol. The maximum absolute atomic E-state index is 9.82. The van der Waals surface area contributed by atoms with E-state index < -0.39 is 0 Å². The molecule has 1 N–H and O–H groups in total. The molecule has 0 unspecified atom stereocenters. The summed E-state index contributed by atoms with van der Waals surface area (Å²) in [6, 6.07) is 1.84. The Hall–Kier alpha value is -1.05. The molecule has 76 valence electrons. The van der Waals surface area contributed by atoms with Crippen LogP contribution in [-0.2, 0) is 19.3 Å². The van der Waals surface area contributed by atoms with Crippen molar-refractivity contribution in [3.8, 4) is 5.75 Å². The summed E-state index contributed by atoms with van der Waals surface area (Å²) in [4.78, 5) is 4.60. The Morgan fingerprint density at radius 1 is 1.36 bits per heavy atom. The molecule has 1 aromatic rings. The van der Waals surface area contributed by atoms with E-state index in [1.54, 1.807) is 0 Å². The average molecular weight is 191 g/mol. The van der Waals surface area contributed by atoms with Crippen molar-refractivity contribution in [2.75, 3.05) is 0 Å². The van der Waals surface area contributed by atoms with Gasteiger partial charge in [0.1, 0.15) is 5.75 Å². The molecule has 1 aliphatic carbocycles. The fourth-order valence-corrected chi connectivity index (χ4v) is 2.12. The molecule has 0 saturated heterocycles. The lowest BCUT2D eigenvalue weighted by Crippen LogP contribution is -2.07. The Morgan fingerprint density at radius 2 is 2.14 bits per heavy atom. The molecule has 0 atom stereocenters. The molecule has 2 heteroatoms. The minimum Gasteiger partial charge on any atom is -0.508 e. The van der Waals surface area contributed by atoms with Gasteiger partial charge in [0, 0.05) is 23.0 Å². The van der Waals surface area contributed by atoms with Crippen molar-refractivity contribution < 1.29 is 5.11 Å². The summed E-state index contributed by atoms with van der Waals surface area (Å²) >= 11 is 0. The summed E-state index contributed by atoms with van der Waals surface area (Å²) in [5.41, 5.74) is 3.28.